The summed E-state index contributed by atoms with van der Waals surface area (Å²) in [5.41, 5.74) is 1.76. The van der Waals surface area contributed by atoms with Crippen LogP contribution in [-0.2, 0) is 6.42 Å². The highest BCUT2D eigenvalue weighted by Crippen LogP contribution is 2.29. The molecule has 0 saturated carbocycles. The number of aliphatic hydroxyl groups excluding tert-OH is 1. The van der Waals surface area contributed by atoms with Crippen molar-refractivity contribution in [1.82, 2.24) is 10.3 Å². The van der Waals surface area contributed by atoms with Gasteiger partial charge >= 0.3 is 0 Å². The van der Waals surface area contributed by atoms with Crippen LogP contribution in [0.5, 0.6) is 17.2 Å². The Hall–Kier alpha value is -3.03. The quantitative estimate of drug-likeness (QED) is 0.444. The van der Waals surface area contributed by atoms with Gasteiger partial charge in [-0.1, -0.05) is 12.1 Å². The summed E-state index contributed by atoms with van der Waals surface area (Å²) in [6, 6.07) is 11.9. The van der Waals surface area contributed by atoms with Gasteiger partial charge in [0.15, 0.2) is 11.5 Å². The molecule has 0 spiro atoms. The second-order valence-electron chi connectivity index (χ2n) is 6.44. The summed E-state index contributed by atoms with van der Waals surface area (Å²) in [6.07, 6.45) is -0.0177. The molecule has 7 heteroatoms. The zero-order valence-electron chi connectivity index (χ0n) is 15.9. The third kappa shape index (κ3) is 4.27. The second-order valence-corrected chi connectivity index (χ2v) is 6.44. The van der Waals surface area contributed by atoms with Crippen molar-refractivity contribution in [2.75, 3.05) is 27.3 Å². The van der Waals surface area contributed by atoms with Crippen LogP contribution < -0.4 is 20.3 Å². The number of nitrogens with one attached hydrogen (secondary N) is 2. The average Bonchev–Trinajstić information content (AvgIpc) is 2.71. The maximum Gasteiger partial charge on any atom is 0.248 e. The van der Waals surface area contributed by atoms with Crippen molar-refractivity contribution in [3.8, 4) is 17.2 Å². The number of pyridine rings is 1. The monoisotopic (exact) mass is 384 g/mol. The molecule has 0 amide bonds. The highest BCUT2D eigenvalue weighted by Gasteiger charge is 2.14. The molecule has 1 aromatic heterocycles. The molecular weight excluding hydrogens is 360 g/mol. The lowest BCUT2D eigenvalue weighted by molar-refractivity contribution is 0.176. The van der Waals surface area contributed by atoms with Gasteiger partial charge in [-0.05, 0) is 48.4 Å². The number of rotatable bonds is 8. The highest BCUT2D eigenvalue weighted by atomic mass is 16.5. The number of benzene rings is 2. The Morgan fingerprint density at radius 2 is 1.86 bits per heavy atom. The Bertz CT molecular complexity index is 1020. The van der Waals surface area contributed by atoms with E-state index in [1.807, 2.05) is 18.2 Å². The van der Waals surface area contributed by atoms with Gasteiger partial charge in [0.05, 0.1) is 25.8 Å². The largest absolute Gasteiger partial charge is 0.506 e. The summed E-state index contributed by atoms with van der Waals surface area (Å²) in [5, 5.41) is 24.3. The lowest BCUT2D eigenvalue weighted by atomic mass is 10.0. The molecule has 0 saturated heterocycles. The molecule has 3 aromatic rings. The summed E-state index contributed by atoms with van der Waals surface area (Å²) < 4.78 is 10.5. The van der Waals surface area contributed by atoms with Crippen LogP contribution in [0.2, 0.25) is 0 Å². The Morgan fingerprint density at radius 1 is 1.07 bits per heavy atom. The molecule has 4 N–H and O–H groups in total. The van der Waals surface area contributed by atoms with Crippen molar-refractivity contribution in [2.24, 2.45) is 0 Å². The van der Waals surface area contributed by atoms with Crippen molar-refractivity contribution in [2.45, 2.75) is 12.5 Å². The molecule has 28 heavy (non-hydrogen) atoms. The third-order valence-corrected chi connectivity index (χ3v) is 4.64. The molecule has 1 atom stereocenters. The van der Waals surface area contributed by atoms with Gasteiger partial charge in [-0.25, -0.2) is 0 Å². The number of aromatic amines is 1. The third-order valence-electron chi connectivity index (χ3n) is 4.64. The zero-order chi connectivity index (χ0) is 20.1. The van der Waals surface area contributed by atoms with Crippen molar-refractivity contribution < 1.29 is 19.7 Å². The number of aromatic hydroxyl groups is 1. The molecule has 7 nitrogen and oxygen atoms in total. The maximum absolute atomic E-state index is 11.5. The zero-order valence-corrected chi connectivity index (χ0v) is 15.9. The van der Waals surface area contributed by atoms with Crippen LogP contribution in [0.25, 0.3) is 10.9 Å². The second kappa shape index (κ2) is 8.77. The predicted octanol–water partition coefficient (Wildman–Crippen LogP) is 2.12. The number of H-pyrrole nitrogens is 1. The van der Waals surface area contributed by atoms with Crippen LogP contribution in [0.15, 0.2) is 47.3 Å². The normalized spacial score (nSPS) is 12.1. The van der Waals surface area contributed by atoms with E-state index >= 15 is 0 Å². The lowest BCUT2D eigenvalue weighted by Gasteiger charge is -2.15. The van der Waals surface area contributed by atoms with Gasteiger partial charge in [0.25, 0.3) is 0 Å². The van der Waals surface area contributed by atoms with Gasteiger partial charge in [0, 0.05) is 18.0 Å². The van der Waals surface area contributed by atoms with E-state index in [9.17, 15) is 15.0 Å². The molecule has 0 bridgehead atoms. The summed E-state index contributed by atoms with van der Waals surface area (Å²) in [4.78, 5) is 14.1. The van der Waals surface area contributed by atoms with E-state index in [1.165, 1.54) is 12.1 Å². The first-order valence-electron chi connectivity index (χ1n) is 8.98. The van der Waals surface area contributed by atoms with Gasteiger partial charge < -0.3 is 30.0 Å². The average molecular weight is 384 g/mol. The van der Waals surface area contributed by atoms with Crippen molar-refractivity contribution >= 4 is 10.9 Å². The van der Waals surface area contributed by atoms with E-state index in [1.54, 1.807) is 26.4 Å². The first kappa shape index (κ1) is 19.7. The number of fused-ring (bicyclic) bond motifs is 1. The fourth-order valence-corrected chi connectivity index (χ4v) is 3.17. The molecule has 0 radical (unpaired) electrons. The van der Waals surface area contributed by atoms with Crippen LogP contribution >= 0.6 is 0 Å². The maximum atomic E-state index is 11.5. The molecule has 2 aromatic carbocycles. The Labute approximate surface area is 162 Å². The van der Waals surface area contributed by atoms with E-state index in [4.69, 9.17) is 9.47 Å². The van der Waals surface area contributed by atoms with Gasteiger partial charge in [0.1, 0.15) is 5.75 Å². The molecular formula is C21H24N2O5. The molecule has 0 aliphatic rings. The Morgan fingerprint density at radius 3 is 2.61 bits per heavy atom. The molecule has 0 aliphatic carbocycles. The summed E-state index contributed by atoms with van der Waals surface area (Å²) >= 11 is 0. The standard InChI is InChI=1S/C21H24N2O5/c1-27-18-7-3-13(11-19(18)28-2)9-10-22-12-17(25)14-4-6-16(24)21-15(14)5-8-20(26)23-21/h3-8,11,17,22,24-25H,9-10,12H2,1-2H3,(H,23,26). The molecule has 148 valence electrons. The first-order valence-corrected chi connectivity index (χ1v) is 8.98. The van der Waals surface area contributed by atoms with E-state index < -0.39 is 6.10 Å². The first-order chi connectivity index (χ1) is 13.5. The van der Waals surface area contributed by atoms with Crippen LogP contribution in [0.3, 0.4) is 0 Å². The van der Waals surface area contributed by atoms with E-state index in [0.29, 0.717) is 41.1 Å². The van der Waals surface area contributed by atoms with E-state index in [0.717, 1.165) is 12.0 Å². The number of phenolic OH excluding ortho intramolecular Hbond substituents is 1. The van der Waals surface area contributed by atoms with Gasteiger partial charge in [-0.15, -0.1) is 0 Å². The van der Waals surface area contributed by atoms with Crippen molar-refractivity contribution in [1.29, 1.82) is 0 Å². The van der Waals surface area contributed by atoms with Crippen LogP contribution in [0.1, 0.15) is 17.2 Å². The van der Waals surface area contributed by atoms with Gasteiger partial charge in [-0.2, -0.15) is 0 Å². The highest BCUT2D eigenvalue weighted by molar-refractivity contribution is 5.87. The number of ether oxygens (including phenoxy) is 2. The number of hydrogen-bond donors (Lipinski definition) is 4. The molecule has 0 aliphatic heterocycles. The van der Waals surface area contributed by atoms with E-state index in [2.05, 4.69) is 10.3 Å². The van der Waals surface area contributed by atoms with Crippen LogP contribution in [0.4, 0.5) is 0 Å². The fraction of sp³-hybridized carbons (Fsp3) is 0.286. The Kier molecular flexibility index (Phi) is 6.18. The molecule has 1 unspecified atom stereocenters. The number of aromatic nitrogens is 1. The summed E-state index contributed by atoms with van der Waals surface area (Å²) in [7, 11) is 3.20. The number of methoxy groups -OCH3 is 2. The van der Waals surface area contributed by atoms with Crippen molar-refractivity contribution in [3.63, 3.8) is 0 Å². The smallest absolute Gasteiger partial charge is 0.248 e. The minimum atomic E-state index is -0.778. The van der Waals surface area contributed by atoms with Gasteiger partial charge in [-0.3, -0.25) is 4.79 Å². The number of hydrogen-bond acceptors (Lipinski definition) is 6. The van der Waals surface area contributed by atoms with Gasteiger partial charge in [0.2, 0.25) is 5.56 Å². The number of phenols is 1. The fourth-order valence-electron chi connectivity index (χ4n) is 3.17. The van der Waals surface area contributed by atoms with Crippen LogP contribution in [0, 0.1) is 0 Å². The molecule has 0 fully saturated rings. The predicted molar refractivity (Wildman–Crippen MR) is 107 cm³/mol. The topological polar surface area (TPSA) is 104 Å². The lowest BCUT2D eigenvalue weighted by Crippen LogP contribution is -2.24. The Balaban J connectivity index is 1.62. The summed E-state index contributed by atoms with van der Waals surface area (Å²) in [5.74, 6) is 1.35. The SMILES string of the molecule is COc1ccc(CCNCC(O)c2ccc(O)c3[nH]c(=O)ccc23)cc1OC. The minimum Gasteiger partial charge on any atom is -0.506 e. The van der Waals surface area contributed by atoms with Crippen LogP contribution in [-0.4, -0.2) is 42.5 Å². The minimum absolute atomic E-state index is 0.0231. The van der Waals surface area contributed by atoms with Crippen molar-refractivity contribution in [3.05, 3.63) is 63.9 Å². The molecule has 1 heterocycles. The molecule has 3 rings (SSSR count). The summed E-state index contributed by atoms with van der Waals surface area (Å²) in [6.45, 7) is 1.01. The van der Waals surface area contributed by atoms with E-state index in [-0.39, 0.29) is 11.3 Å². The number of aliphatic hydroxyl groups is 1.